The van der Waals surface area contributed by atoms with Crippen LogP contribution in [0.1, 0.15) is 23.0 Å². The van der Waals surface area contributed by atoms with E-state index in [9.17, 15) is 9.59 Å². The van der Waals surface area contributed by atoms with Crippen LogP contribution in [-0.4, -0.2) is 23.0 Å². The Bertz CT molecular complexity index is 916. The molecule has 1 heterocycles. The monoisotopic (exact) mass is 400 g/mol. The number of aromatic amines is 1. The molecular formula is C19H17BrN2O3. The van der Waals surface area contributed by atoms with E-state index in [0.29, 0.717) is 11.4 Å². The van der Waals surface area contributed by atoms with Gasteiger partial charge in [0.1, 0.15) is 5.69 Å². The predicted molar refractivity (Wildman–Crippen MR) is 101 cm³/mol. The fourth-order valence-electron chi connectivity index (χ4n) is 2.42. The molecule has 0 unspecified atom stereocenters. The van der Waals surface area contributed by atoms with Gasteiger partial charge in [0.2, 0.25) is 0 Å². The number of halogens is 1. The van der Waals surface area contributed by atoms with Gasteiger partial charge in [-0.15, -0.1) is 0 Å². The van der Waals surface area contributed by atoms with Gasteiger partial charge in [0.15, 0.2) is 6.10 Å². The number of hydrogen-bond donors (Lipinski definition) is 2. The topological polar surface area (TPSA) is 71.2 Å². The fourth-order valence-corrected chi connectivity index (χ4v) is 3.01. The van der Waals surface area contributed by atoms with Crippen molar-refractivity contribution in [3.63, 3.8) is 0 Å². The van der Waals surface area contributed by atoms with Crippen LogP contribution in [0.3, 0.4) is 0 Å². The molecule has 0 bridgehead atoms. The zero-order valence-electron chi connectivity index (χ0n) is 13.8. The third-order valence-electron chi connectivity index (χ3n) is 3.79. The Kier molecular flexibility index (Phi) is 4.90. The van der Waals surface area contributed by atoms with Crippen LogP contribution in [0, 0.1) is 6.92 Å². The number of aryl methyl sites for hydroxylation is 1. The van der Waals surface area contributed by atoms with Gasteiger partial charge >= 0.3 is 5.97 Å². The van der Waals surface area contributed by atoms with Gasteiger partial charge in [-0.25, -0.2) is 4.79 Å². The second-order valence-corrected chi connectivity index (χ2v) is 6.64. The second kappa shape index (κ2) is 7.11. The minimum absolute atomic E-state index is 0.317. The van der Waals surface area contributed by atoms with E-state index in [-0.39, 0.29) is 0 Å². The molecule has 1 aromatic heterocycles. The summed E-state index contributed by atoms with van der Waals surface area (Å²) in [6.45, 7) is 3.50. The SMILES string of the molecule is Cc1ccc(NC(=O)[C@@H](C)OC(=O)c2cc3ccccc3[nH]2)c(Br)c1. The van der Waals surface area contributed by atoms with Crippen molar-refractivity contribution < 1.29 is 14.3 Å². The number of H-pyrrole nitrogens is 1. The molecule has 1 amide bonds. The summed E-state index contributed by atoms with van der Waals surface area (Å²) in [4.78, 5) is 27.5. The van der Waals surface area contributed by atoms with Gasteiger partial charge in [0.25, 0.3) is 5.91 Å². The minimum Gasteiger partial charge on any atom is -0.448 e. The number of benzene rings is 2. The number of amides is 1. The molecule has 25 heavy (non-hydrogen) atoms. The molecule has 3 aromatic rings. The van der Waals surface area contributed by atoms with Crippen LogP contribution >= 0.6 is 15.9 Å². The molecule has 2 N–H and O–H groups in total. The lowest BCUT2D eigenvalue weighted by atomic mass is 10.2. The lowest BCUT2D eigenvalue weighted by Gasteiger charge is -2.14. The van der Waals surface area contributed by atoms with Gasteiger partial charge in [-0.05, 0) is 59.6 Å². The molecular weight excluding hydrogens is 384 g/mol. The number of ether oxygens (including phenoxy) is 1. The number of para-hydroxylation sites is 1. The normalized spacial score (nSPS) is 12.0. The van der Waals surface area contributed by atoms with Crippen LogP contribution < -0.4 is 5.32 Å². The van der Waals surface area contributed by atoms with Crippen molar-refractivity contribution in [3.8, 4) is 0 Å². The largest absolute Gasteiger partial charge is 0.448 e. The first kappa shape index (κ1) is 17.2. The Labute approximate surface area is 153 Å². The molecule has 0 saturated carbocycles. The van der Waals surface area contributed by atoms with E-state index in [4.69, 9.17) is 4.74 Å². The van der Waals surface area contributed by atoms with Gasteiger partial charge in [-0.2, -0.15) is 0 Å². The quantitative estimate of drug-likeness (QED) is 0.636. The van der Waals surface area contributed by atoms with Gasteiger partial charge < -0.3 is 15.0 Å². The predicted octanol–water partition coefficient (Wildman–Crippen LogP) is 4.42. The van der Waals surface area contributed by atoms with Gasteiger partial charge in [0, 0.05) is 15.4 Å². The van der Waals surface area contributed by atoms with E-state index in [2.05, 4.69) is 26.2 Å². The highest BCUT2D eigenvalue weighted by Crippen LogP contribution is 2.23. The van der Waals surface area contributed by atoms with Gasteiger partial charge in [-0.3, -0.25) is 4.79 Å². The maximum Gasteiger partial charge on any atom is 0.355 e. The Morgan fingerprint density at radius 2 is 1.92 bits per heavy atom. The van der Waals surface area contributed by atoms with E-state index in [0.717, 1.165) is 20.9 Å². The Hall–Kier alpha value is -2.60. The van der Waals surface area contributed by atoms with Crippen molar-refractivity contribution in [2.45, 2.75) is 20.0 Å². The molecule has 0 saturated heterocycles. The number of carbonyl (C=O) groups is 2. The highest BCUT2D eigenvalue weighted by atomic mass is 79.9. The first-order valence-electron chi connectivity index (χ1n) is 7.80. The summed E-state index contributed by atoms with van der Waals surface area (Å²) in [5, 5.41) is 3.66. The number of nitrogens with one attached hydrogen (secondary N) is 2. The number of carbonyl (C=O) groups excluding carboxylic acids is 2. The smallest absolute Gasteiger partial charge is 0.355 e. The third kappa shape index (κ3) is 3.91. The molecule has 5 nitrogen and oxygen atoms in total. The number of anilines is 1. The lowest BCUT2D eigenvalue weighted by molar-refractivity contribution is -0.123. The van der Waals surface area contributed by atoms with E-state index >= 15 is 0 Å². The van der Waals surface area contributed by atoms with Crippen molar-refractivity contribution in [1.82, 2.24) is 4.98 Å². The summed E-state index contributed by atoms with van der Waals surface area (Å²) in [5.41, 5.74) is 2.86. The van der Waals surface area contributed by atoms with Crippen molar-refractivity contribution in [2.24, 2.45) is 0 Å². The van der Waals surface area contributed by atoms with Crippen molar-refractivity contribution >= 4 is 44.4 Å². The summed E-state index contributed by atoms with van der Waals surface area (Å²) in [5.74, 6) is -0.962. The fraction of sp³-hybridized carbons (Fsp3) is 0.158. The molecule has 0 aliphatic rings. The number of fused-ring (bicyclic) bond motifs is 1. The standard InChI is InChI=1S/C19H17BrN2O3/c1-11-7-8-16(14(20)9-11)22-18(23)12(2)25-19(24)17-10-13-5-3-4-6-15(13)21-17/h3-10,12,21H,1-2H3,(H,22,23)/t12-/m1/s1. The molecule has 0 aliphatic heterocycles. The van der Waals surface area contributed by atoms with Crippen LogP contribution in [0.2, 0.25) is 0 Å². The summed E-state index contributed by atoms with van der Waals surface area (Å²) in [6.07, 6.45) is -0.924. The summed E-state index contributed by atoms with van der Waals surface area (Å²) >= 11 is 3.40. The van der Waals surface area contributed by atoms with E-state index in [1.54, 1.807) is 12.1 Å². The summed E-state index contributed by atoms with van der Waals surface area (Å²) in [7, 11) is 0. The highest BCUT2D eigenvalue weighted by molar-refractivity contribution is 9.10. The minimum atomic E-state index is -0.924. The first-order valence-corrected chi connectivity index (χ1v) is 8.59. The van der Waals surface area contributed by atoms with Crippen LogP contribution in [0.25, 0.3) is 10.9 Å². The zero-order valence-corrected chi connectivity index (χ0v) is 15.4. The number of hydrogen-bond acceptors (Lipinski definition) is 3. The van der Waals surface area contributed by atoms with Crippen molar-refractivity contribution in [2.75, 3.05) is 5.32 Å². The molecule has 128 valence electrons. The van der Waals surface area contributed by atoms with Crippen molar-refractivity contribution in [3.05, 3.63) is 64.3 Å². The third-order valence-corrected chi connectivity index (χ3v) is 4.44. The average Bonchev–Trinajstić information content (AvgIpc) is 3.01. The van der Waals surface area contributed by atoms with E-state index in [1.807, 2.05) is 43.3 Å². The Balaban J connectivity index is 1.67. The van der Waals surface area contributed by atoms with Crippen LogP contribution in [0.15, 0.2) is 53.0 Å². The van der Waals surface area contributed by atoms with E-state index in [1.165, 1.54) is 6.92 Å². The second-order valence-electron chi connectivity index (χ2n) is 5.79. The van der Waals surface area contributed by atoms with Crippen LogP contribution in [-0.2, 0) is 9.53 Å². The highest BCUT2D eigenvalue weighted by Gasteiger charge is 2.20. The molecule has 1 atom stereocenters. The van der Waals surface area contributed by atoms with Gasteiger partial charge in [-0.1, -0.05) is 24.3 Å². The van der Waals surface area contributed by atoms with Crippen LogP contribution in [0.4, 0.5) is 5.69 Å². The van der Waals surface area contributed by atoms with Gasteiger partial charge in [0.05, 0.1) is 5.69 Å². The molecule has 6 heteroatoms. The summed E-state index contributed by atoms with van der Waals surface area (Å²) in [6, 6.07) is 14.8. The van der Waals surface area contributed by atoms with Crippen LogP contribution in [0.5, 0.6) is 0 Å². The molecule has 2 aromatic carbocycles. The zero-order chi connectivity index (χ0) is 18.0. The Morgan fingerprint density at radius 3 is 2.64 bits per heavy atom. The first-order chi connectivity index (χ1) is 11.9. The lowest BCUT2D eigenvalue weighted by Crippen LogP contribution is -2.30. The maximum atomic E-state index is 12.3. The molecule has 0 radical (unpaired) electrons. The number of rotatable bonds is 4. The molecule has 0 fully saturated rings. The maximum absolute atomic E-state index is 12.3. The number of esters is 1. The van der Waals surface area contributed by atoms with Crippen molar-refractivity contribution in [1.29, 1.82) is 0 Å². The molecule has 0 aliphatic carbocycles. The molecule has 0 spiro atoms. The average molecular weight is 401 g/mol. The Morgan fingerprint density at radius 1 is 1.16 bits per heavy atom. The molecule has 3 rings (SSSR count). The number of aromatic nitrogens is 1. The van der Waals surface area contributed by atoms with E-state index < -0.39 is 18.0 Å². The summed E-state index contributed by atoms with van der Waals surface area (Å²) < 4.78 is 6.04.